The molecule has 1 saturated heterocycles. The molecule has 1 amide bonds. The molecule has 0 aromatic carbocycles. The Morgan fingerprint density at radius 2 is 2.67 bits per heavy atom. The summed E-state index contributed by atoms with van der Waals surface area (Å²) in [6.45, 7) is 0.877. The highest BCUT2D eigenvalue weighted by Gasteiger charge is 2.21. The van der Waals surface area contributed by atoms with Crippen molar-refractivity contribution < 1.29 is 4.79 Å². The van der Waals surface area contributed by atoms with Crippen LogP contribution in [-0.4, -0.2) is 44.8 Å². The van der Waals surface area contributed by atoms with Crippen molar-refractivity contribution in [1.82, 2.24) is 20.1 Å². The summed E-state index contributed by atoms with van der Waals surface area (Å²) >= 11 is 1.78. The highest BCUT2D eigenvalue weighted by atomic mass is 32.2. The van der Waals surface area contributed by atoms with Gasteiger partial charge in [-0.15, -0.1) is 0 Å². The number of aryl methyl sites for hydroxylation is 1. The van der Waals surface area contributed by atoms with Crippen molar-refractivity contribution in [2.75, 3.05) is 23.4 Å². The zero-order valence-electron chi connectivity index (χ0n) is 8.43. The van der Waals surface area contributed by atoms with Crippen molar-refractivity contribution in [2.24, 2.45) is 7.05 Å². The molecule has 15 heavy (non-hydrogen) atoms. The zero-order chi connectivity index (χ0) is 10.7. The Hall–Kier alpha value is -1.08. The van der Waals surface area contributed by atoms with Gasteiger partial charge in [-0.05, 0) is 0 Å². The van der Waals surface area contributed by atoms with Gasteiger partial charge >= 0.3 is 0 Å². The average molecular weight is 227 g/mol. The summed E-state index contributed by atoms with van der Waals surface area (Å²) in [5, 5.41) is 9.77. The molecule has 0 radical (unpaired) electrons. The van der Waals surface area contributed by atoms with Gasteiger partial charge in [0.2, 0.25) is 11.9 Å². The first-order valence-corrected chi connectivity index (χ1v) is 5.89. The Labute approximate surface area is 91.8 Å². The van der Waals surface area contributed by atoms with E-state index in [9.17, 15) is 4.79 Å². The summed E-state index contributed by atoms with van der Waals surface area (Å²) in [6.07, 6.45) is 1.42. The minimum atomic E-state index is -0.125. The molecule has 0 saturated carbocycles. The Kier molecular flexibility index (Phi) is 3.22. The van der Waals surface area contributed by atoms with Crippen LogP contribution < -0.4 is 10.6 Å². The minimum absolute atomic E-state index is 0.0432. The maximum absolute atomic E-state index is 11.7. The van der Waals surface area contributed by atoms with E-state index in [0.717, 1.165) is 18.1 Å². The van der Waals surface area contributed by atoms with Gasteiger partial charge in [-0.3, -0.25) is 10.1 Å². The SMILES string of the molecule is Cn1ncnc1NC(=O)C1CSCCN1. The van der Waals surface area contributed by atoms with Gasteiger partial charge in [0.15, 0.2) is 0 Å². The van der Waals surface area contributed by atoms with Crippen LogP contribution in [0.1, 0.15) is 0 Å². The average Bonchev–Trinajstić information content (AvgIpc) is 2.66. The summed E-state index contributed by atoms with van der Waals surface area (Å²) in [7, 11) is 1.74. The second-order valence-corrected chi connectivity index (χ2v) is 4.43. The first-order valence-electron chi connectivity index (χ1n) is 4.73. The standard InChI is InChI=1S/C8H13N5OS/c1-13-8(10-5-11-13)12-7(14)6-4-15-3-2-9-6/h5-6,9H,2-4H2,1H3,(H,10,11,12,14). The third-order valence-corrected chi connectivity index (χ3v) is 3.25. The van der Waals surface area contributed by atoms with E-state index in [1.807, 2.05) is 0 Å². The van der Waals surface area contributed by atoms with Crippen LogP contribution in [0.15, 0.2) is 6.33 Å². The van der Waals surface area contributed by atoms with Crippen molar-refractivity contribution in [2.45, 2.75) is 6.04 Å². The van der Waals surface area contributed by atoms with E-state index in [-0.39, 0.29) is 11.9 Å². The molecule has 0 aliphatic carbocycles. The van der Waals surface area contributed by atoms with Crippen molar-refractivity contribution in [3.05, 3.63) is 6.33 Å². The molecule has 1 aromatic rings. The molecular weight excluding hydrogens is 214 g/mol. The molecule has 1 aliphatic rings. The molecule has 7 heteroatoms. The molecule has 6 nitrogen and oxygen atoms in total. The molecule has 2 N–H and O–H groups in total. The second kappa shape index (κ2) is 4.63. The lowest BCUT2D eigenvalue weighted by Gasteiger charge is -2.21. The smallest absolute Gasteiger partial charge is 0.244 e. The van der Waals surface area contributed by atoms with Crippen molar-refractivity contribution in [3.8, 4) is 0 Å². The lowest BCUT2D eigenvalue weighted by molar-refractivity contribution is -0.117. The normalized spacial score (nSPS) is 21.3. The van der Waals surface area contributed by atoms with Crippen LogP contribution in [0.2, 0.25) is 0 Å². The summed E-state index contributed by atoms with van der Waals surface area (Å²) < 4.78 is 1.54. The van der Waals surface area contributed by atoms with Gasteiger partial charge in [-0.25, -0.2) is 4.68 Å². The molecule has 1 fully saturated rings. The third-order valence-electron chi connectivity index (χ3n) is 2.18. The number of carbonyl (C=O) groups is 1. The van der Waals surface area contributed by atoms with Gasteiger partial charge in [-0.1, -0.05) is 0 Å². The van der Waals surface area contributed by atoms with E-state index in [1.165, 1.54) is 11.0 Å². The van der Waals surface area contributed by atoms with E-state index >= 15 is 0 Å². The van der Waals surface area contributed by atoms with Gasteiger partial charge in [-0.2, -0.15) is 21.8 Å². The Balaban J connectivity index is 1.94. The number of nitrogens with one attached hydrogen (secondary N) is 2. The predicted octanol–water partition coefficient (Wildman–Crippen LogP) is -0.541. The fourth-order valence-electron chi connectivity index (χ4n) is 1.34. The molecular formula is C8H13N5OS. The van der Waals surface area contributed by atoms with Gasteiger partial charge in [0.1, 0.15) is 6.33 Å². The molecule has 1 aromatic heterocycles. The number of nitrogens with zero attached hydrogens (tertiary/aromatic N) is 3. The number of aromatic nitrogens is 3. The van der Waals surface area contributed by atoms with Gasteiger partial charge in [0.25, 0.3) is 0 Å². The van der Waals surface area contributed by atoms with Gasteiger partial charge in [0.05, 0.1) is 6.04 Å². The van der Waals surface area contributed by atoms with Crippen LogP contribution in [0.25, 0.3) is 0 Å². The molecule has 82 valence electrons. The largest absolute Gasteiger partial charge is 0.304 e. The monoisotopic (exact) mass is 227 g/mol. The quantitative estimate of drug-likeness (QED) is 0.710. The first kappa shape index (κ1) is 10.4. The fourth-order valence-corrected chi connectivity index (χ4v) is 2.27. The summed E-state index contributed by atoms with van der Waals surface area (Å²) in [5.74, 6) is 2.31. The summed E-state index contributed by atoms with van der Waals surface area (Å²) in [5.41, 5.74) is 0. The number of thioether (sulfide) groups is 1. The summed E-state index contributed by atoms with van der Waals surface area (Å²) in [6, 6.07) is -0.125. The van der Waals surface area contributed by atoms with Gasteiger partial charge < -0.3 is 5.32 Å². The molecule has 2 heterocycles. The van der Waals surface area contributed by atoms with E-state index in [0.29, 0.717) is 5.95 Å². The molecule has 1 unspecified atom stereocenters. The van der Waals surface area contributed by atoms with Gasteiger partial charge in [0, 0.05) is 25.1 Å². The predicted molar refractivity (Wildman–Crippen MR) is 58.7 cm³/mol. The molecule has 2 rings (SSSR count). The number of rotatable bonds is 2. The zero-order valence-corrected chi connectivity index (χ0v) is 9.25. The second-order valence-electron chi connectivity index (χ2n) is 3.28. The van der Waals surface area contributed by atoms with Crippen LogP contribution in [0.4, 0.5) is 5.95 Å². The number of anilines is 1. The van der Waals surface area contributed by atoms with Crippen molar-refractivity contribution in [3.63, 3.8) is 0 Å². The maximum atomic E-state index is 11.7. The van der Waals surface area contributed by atoms with E-state index < -0.39 is 0 Å². The van der Waals surface area contributed by atoms with E-state index in [4.69, 9.17) is 0 Å². The highest BCUT2D eigenvalue weighted by Crippen LogP contribution is 2.09. The van der Waals surface area contributed by atoms with Crippen LogP contribution in [0.5, 0.6) is 0 Å². The van der Waals surface area contributed by atoms with Crippen LogP contribution in [0.3, 0.4) is 0 Å². The number of carbonyl (C=O) groups excluding carboxylic acids is 1. The first-order chi connectivity index (χ1) is 7.27. The third kappa shape index (κ3) is 2.48. The Bertz CT molecular complexity index is 347. The number of hydrogen-bond acceptors (Lipinski definition) is 5. The summed E-state index contributed by atoms with van der Waals surface area (Å²) in [4.78, 5) is 15.7. The Morgan fingerprint density at radius 1 is 1.80 bits per heavy atom. The fraction of sp³-hybridized carbons (Fsp3) is 0.625. The van der Waals surface area contributed by atoms with Crippen LogP contribution >= 0.6 is 11.8 Å². The number of amides is 1. The molecule has 1 aliphatic heterocycles. The van der Waals surface area contributed by atoms with Crippen molar-refractivity contribution in [1.29, 1.82) is 0 Å². The minimum Gasteiger partial charge on any atom is -0.304 e. The molecule has 0 spiro atoms. The lowest BCUT2D eigenvalue weighted by atomic mass is 10.3. The van der Waals surface area contributed by atoms with Crippen molar-refractivity contribution >= 4 is 23.6 Å². The van der Waals surface area contributed by atoms with E-state index in [2.05, 4.69) is 20.7 Å². The number of hydrogen-bond donors (Lipinski definition) is 2. The molecule has 1 atom stereocenters. The van der Waals surface area contributed by atoms with Crippen LogP contribution in [0, 0.1) is 0 Å². The Morgan fingerprint density at radius 3 is 3.27 bits per heavy atom. The lowest BCUT2D eigenvalue weighted by Crippen LogP contribution is -2.46. The van der Waals surface area contributed by atoms with E-state index in [1.54, 1.807) is 18.8 Å². The maximum Gasteiger partial charge on any atom is 0.244 e. The van der Waals surface area contributed by atoms with Crippen LogP contribution in [-0.2, 0) is 11.8 Å². The highest BCUT2D eigenvalue weighted by molar-refractivity contribution is 7.99. The molecule has 0 bridgehead atoms. The topological polar surface area (TPSA) is 71.8 Å².